The summed E-state index contributed by atoms with van der Waals surface area (Å²) in [5.41, 5.74) is 2.33. The maximum Gasteiger partial charge on any atom is 0.0734 e. The van der Waals surface area contributed by atoms with Gasteiger partial charge in [-0.2, -0.15) is 0 Å². The van der Waals surface area contributed by atoms with E-state index in [4.69, 9.17) is 16.3 Å². The van der Waals surface area contributed by atoms with Crippen molar-refractivity contribution >= 4 is 22.5 Å². The second-order valence-corrected chi connectivity index (χ2v) is 4.63. The Balaban J connectivity index is 2.71. The van der Waals surface area contributed by atoms with Crippen LogP contribution < -0.4 is 0 Å². The topological polar surface area (TPSA) is 14.2 Å². The lowest BCUT2D eigenvalue weighted by molar-refractivity contribution is 0.185. The van der Waals surface area contributed by atoms with E-state index >= 15 is 0 Å². The highest BCUT2D eigenvalue weighted by Gasteiger charge is 2.12. The fourth-order valence-electron chi connectivity index (χ4n) is 2.04. The van der Waals surface area contributed by atoms with Gasteiger partial charge in [0.25, 0.3) is 0 Å². The predicted octanol–water partition coefficient (Wildman–Crippen LogP) is 4.02. The van der Waals surface area contributed by atoms with Crippen molar-refractivity contribution < 1.29 is 4.74 Å². The number of halogens is 1. The highest BCUT2D eigenvalue weighted by molar-refractivity contribution is 6.35. The van der Waals surface area contributed by atoms with Gasteiger partial charge in [-0.15, -0.1) is 0 Å². The molecule has 3 heteroatoms. The fraction of sp³-hybridized carbons (Fsp3) is 0.385. The van der Waals surface area contributed by atoms with Crippen LogP contribution in [-0.4, -0.2) is 11.7 Å². The first-order valence-electron chi connectivity index (χ1n) is 5.42. The molecule has 0 fully saturated rings. The summed E-state index contributed by atoms with van der Waals surface area (Å²) in [7, 11) is 1.70. The molecule has 0 amide bonds. The largest absolute Gasteiger partial charge is 0.380 e. The van der Waals surface area contributed by atoms with Gasteiger partial charge < -0.3 is 9.30 Å². The molecule has 0 saturated carbocycles. The molecule has 0 bridgehead atoms. The van der Waals surface area contributed by atoms with E-state index in [1.165, 1.54) is 5.52 Å². The minimum atomic E-state index is 0.423. The van der Waals surface area contributed by atoms with Crippen molar-refractivity contribution in [2.75, 3.05) is 7.11 Å². The molecule has 1 heterocycles. The number of ether oxygens (including phenoxy) is 1. The molecule has 1 aromatic heterocycles. The van der Waals surface area contributed by atoms with E-state index in [9.17, 15) is 0 Å². The Morgan fingerprint density at radius 3 is 2.75 bits per heavy atom. The first-order valence-corrected chi connectivity index (χ1v) is 5.79. The lowest BCUT2D eigenvalue weighted by Gasteiger charge is -2.08. The monoisotopic (exact) mass is 237 g/mol. The molecule has 2 rings (SSSR count). The van der Waals surface area contributed by atoms with Crippen LogP contribution in [0.2, 0.25) is 5.02 Å². The predicted molar refractivity (Wildman–Crippen MR) is 68.0 cm³/mol. The van der Waals surface area contributed by atoms with Gasteiger partial charge in [0.05, 0.1) is 17.1 Å². The molecular formula is C13H16ClNO. The van der Waals surface area contributed by atoms with E-state index in [0.29, 0.717) is 12.6 Å². The molecule has 0 aliphatic carbocycles. The van der Waals surface area contributed by atoms with Crippen molar-refractivity contribution in [3.63, 3.8) is 0 Å². The zero-order valence-corrected chi connectivity index (χ0v) is 10.6. The average molecular weight is 238 g/mol. The van der Waals surface area contributed by atoms with Gasteiger partial charge in [-0.05, 0) is 26.0 Å². The molecule has 0 saturated heterocycles. The maximum absolute atomic E-state index is 6.25. The average Bonchev–Trinajstić information content (AvgIpc) is 2.59. The molecule has 1 aromatic carbocycles. The van der Waals surface area contributed by atoms with E-state index in [1.807, 2.05) is 12.1 Å². The van der Waals surface area contributed by atoms with E-state index in [2.05, 4.69) is 30.7 Å². The van der Waals surface area contributed by atoms with E-state index in [-0.39, 0.29) is 0 Å². The summed E-state index contributed by atoms with van der Waals surface area (Å²) in [6.07, 6.45) is 2.13. The van der Waals surface area contributed by atoms with Crippen LogP contribution in [0.4, 0.5) is 0 Å². The Kier molecular flexibility index (Phi) is 3.22. The smallest absolute Gasteiger partial charge is 0.0734 e. The highest BCUT2D eigenvalue weighted by Crippen LogP contribution is 2.31. The number of aromatic nitrogens is 1. The lowest BCUT2D eigenvalue weighted by Crippen LogP contribution is -1.97. The molecule has 0 unspecified atom stereocenters. The van der Waals surface area contributed by atoms with Gasteiger partial charge in [-0.3, -0.25) is 0 Å². The summed E-state index contributed by atoms with van der Waals surface area (Å²) < 4.78 is 7.44. The summed E-state index contributed by atoms with van der Waals surface area (Å²) in [6.45, 7) is 4.92. The van der Waals surface area contributed by atoms with Crippen LogP contribution in [0.15, 0.2) is 24.4 Å². The third-order valence-corrected chi connectivity index (χ3v) is 3.06. The Hall–Kier alpha value is -0.990. The van der Waals surface area contributed by atoms with Crippen molar-refractivity contribution in [1.29, 1.82) is 0 Å². The zero-order chi connectivity index (χ0) is 11.7. The van der Waals surface area contributed by atoms with E-state index in [1.54, 1.807) is 7.11 Å². The van der Waals surface area contributed by atoms with Crippen LogP contribution in [0.1, 0.15) is 25.5 Å². The lowest BCUT2D eigenvalue weighted by atomic mass is 10.2. The fourth-order valence-corrected chi connectivity index (χ4v) is 2.33. The minimum Gasteiger partial charge on any atom is -0.380 e. The summed E-state index contributed by atoms with van der Waals surface area (Å²) in [5, 5.41) is 1.91. The summed E-state index contributed by atoms with van der Waals surface area (Å²) in [4.78, 5) is 0. The molecular weight excluding hydrogens is 222 g/mol. The van der Waals surface area contributed by atoms with Gasteiger partial charge in [-0.1, -0.05) is 17.7 Å². The molecule has 86 valence electrons. The Morgan fingerprint density at radius 2 is 2.12 bits per heavy atom. The number of nitrogens with zero attached hydrogens (tertiary/aromatic N) is 1. The molecule has 0 atom stereocenters. The molecule has 2 aromatic rings. The van der Waals surface area contributed by atoms with Crippen molar-refractivity contribution in [3.8, 4) is 0 Å². The van der Waals surface area contributed by atoms with Crippen molar-refractivity contribution in [2.45, 2.75) is 26.5 Å². The molecule has 0 aliphatic heterocycles. The standard InChI is InChI=1S/C13H16ClNO/c1-9(2)15-7-10(8-16-3)13-11(14)5-4-6-12(13)15/h4-7,9H,8H2,1-3H3. The molecule has 2 nitrogen and oxygen atoms in total. The van der Waals surface area contributed by atoms with E-state index in [0.717, 1.165) is 16.0 Å². The van der Waals surface area contributed by atoms with Gasteiger partial charge in [0, 0.05) is 30.3 Å². The quantitative estimate of drug-likeness (QED) is 0.787. The molecule has 0 N–H and O–H groups in total. The number of hydrogen-bond donors (Lipinski definition) is 0. The normalized spacial score (nSPS) is 11.6. The Morgan fingerprint density at radius 1 is 1.38 bits per heavy atom. The Labute approximate surface area is 101 Å². The third kappa shape index (κ3) is 1.83. The summed E-state index contributed by atoms with van der Waals surface area (Å²) in [5.74, 6) is 0. The molecule has 16 heavy (non-hydrogen) atoms. The maximum atomic E-state index is 6.25. The van der Waals surface area contributed by atoms with Gasteiger partial charge in [-0.25, -0.2) is 0 Å². The number of benzene rings is 1. The van der Waals surface area contributed by atoms with Crippen molar-refractivity contribution in [2.24, 2.45) is 0 Å². The second kappa shape index (κ2) is 4.48. The van der Waals surface area contributed by atoms with Crippen LogP contribution >= 0.6 is 11.6 Å². The number of methoxy groups -OCH3 is 1. The minimum absolute atomic E-state index is 0.423. The summed E-state index contributed by atoms with van der Waals surface area (Å²) in [6, 6.07) is 6.43. The van der Waals surface area contributed by atoms with Crippen LogP contribution in [0, 0.1) is 0 Å². The zero-order valence-electron chi connectivity index (χ0n) is 9.83. The molecule has 0 aliphatic rings. The number of fused-ring (bicyclic) bond motifs is 1. The van der Waals surface area contributed by atoms with Crippen LogP contribution in [-0.2, 0) is 11.3 Å². The third-order valence-electron chi connectivity index (χ3n) is 2.74. The van der Waals surface area contributed by atoms with Gasteiger partial charge in [0.1, 0.15) is 0 Å². The highest BCUT2D eigenvalue weighted by atomic mass is 35.5. The molecule has 0 spiro atoms. The van der Waals surface area contributed by atoms with Crippen molar-refractivity contribution in [3.05, 3.63) is 35.0 Å². The number of hydrogen-bond acceptors (Lipinski definition) is 1. The van der Waals surface area contributed by atoms with Crippen molar-refractivity contribution in [1.82, 2.24) is 4.57 Å². The van der Waals surface area contributed by atoms with Gasteiger partial charge in [0.2, 0.25) is 0 Å². The first-order chi connectivity index (χ1) is 7.65. The Bertz CT molecular complexity index is 502. The van der Waals surface area contributed by atoms with Gasteiger partial charge in [0.15, 0.2) is 0 Å². The van der Waals surface area contributed by atoms with Gasteiger partial charge >= 0.3 is 0 Å². The summed E-state index contributed by atoms with van der Waals surface area (Å²) >= 11 is 6.25. The first kappa shape index (κ1) is 11.5. The van der Waals surface area contributed by atoms with Crippen LogP contribution in [0.25, 0.3) is 10.9 Å². The van der Waals surface area contributed by atoms with Crippen LogP contribution in [0.3, 0.4) is 0 Å². The van der Waals surface area contributed by atoms with E-state index < -0.39 is 0 Å². The molecule has 0 radical (unpaired) electrons. The van der Waals surface area contributed by atoms with Crippen LogP contribution in [0.5, 0.6) is 0 Å². The number of rotatable bonds is 3. The second-order valence-electron chi connectivity index (χ2n) is 4.22. The SMILES string of the molecule is COCc1cn(C(C)C)c2cccc(Cl)c12.